The molecule has 0 heterocycles. The highest BCUT2D eigenvalue weighted by Gasteiger charge is 2.18. The third-order valence-electron chi connectivity index (χ3n) is 2.78. The second kappa shape index (κ2) is 9.42. The average molecular weight is 244 g/mol. The molecule has 0 aromatic carbocycles. The third kappa shape index (κ3) is 8.16. The Hall–Kier alpha value is -0.610. The molecule has 4 heteroatoms. The number of nitrogens with one attached hydrogen (secondary N) is 1. The van der Waals surface area contributed by atoms with Crippen LogP contribution in [-0.2, 0) is 9.53 Å². The number of amides is 1. The molecule has 1 amide bonds. The lowest BCUT2D eigenvalue weighted by atomic mass is 9.99. The van der Waals surface area contributed by atoms with Crippen molar-refractivity contribution in [1.29, 1.82) is 0 Å². The quantitative estimate of drug-likeness (QED) is 0.605. The van der Waals surface area contributed by atoms with Crippen molar-refractivity contribution in [1.82, 2.24) is 5.32 Å². The molecule has 0 aromatic rings. The fourth-order valence-electron chi connectivity index (χ4n) is 1.34. The van der Waals surface area contributed by atoms with Gasteiger partial charge in [-0.05, 0) is 18.3 Å². The zero-order valence-electron chi connectivity index (χ0n) is 11.7. The first-order chi connectivity index (χ1) is 7.99. The van der Waals surface area contributed by atoms with Gasteiger partial charge in [0, 0.05) is 19.8 Å². The number of carbonyl (C=O) groups is 1. The molecule has 0 aliphatic heterocycles. The number of hydrogen-bond donors (Lipinski definition) is 2. The summed E-state index contributed by atoms with van der Waals surface area (Å²) < 4.78 is 5.42. The Morgan fingerprint density at radius 1 is 1.35 bits per heavy atom. The van der Waals surface area contributed by atoms with Crippen LogP contribution in [0.25, 0.3) is 0 Å². The Kier molecular flexibility index (Phi) is 9.09. The van der Waals surface area contributed by atoms with Gasteiger partial charge in [0.1, 0.15) is 0 Å². The van der Waals surface area contributed by atoms with E-state index in [1.807, 2.05) is 13.8 Å². The van der Waals surface area contributed by atoms with Gasteiger partial charge in [-0.1, -0.05) is 34.1 Å². The standard InChI is InChI=1S/C13H28N2O2/c1-5-11(4)12(14)13(16)15-7-6-8-17-9-10(2)3/h10-12H,5-9,14H2,1-4H3,(H,15,16)/t11?,12-/m0/s1. The minimum atomic E-state index is -0.392. The molecule has 0 saturated heterocycles. The molecule has 2 atom stereocenters. The molecule has 0 rings (SSSR count). The van der Waals surface area contributed by atoms with Crippen LogP contribution in [0.3, 0.4) is 0 Å². The maximum atomic E-state index is 11.6. The van der Waals surface area contributed by atoms with Crippen LogP contribution in [-0.4, -0.2) is 31.7 Å². The van der Waals surface area contributed by atoms with Gasteiger partial charge in [0.2, 0.25) is 5.91 Å². The van der Waals surface area contributed by atoms with Crippen LogP contribution in [0.4, 0.5) is 0 Å². The number of ether oxygens (including phenoxy) is 1. The monoisotopic (exact) mass is 244 g/mol. The first-order valence-electron chi connectivity index (χ1n) is 6.60. The molecule has 0 aromatic heterocycles. The summed E-state index contributed by atoms with van der Waals surface area (Å²) in [5.74, 6) is 0.735. The molecule has 0 saturated carbocycles. The van der Waals surface area contributed by atoms with Crippen molar-refractivity contribution in [2.75, 3.05) is 19.8 Å². The summed E-state index contributed by atoms with van der Waals surface area (Å²) in [5, 5.41) is 2.84. The van der Waals surface area contributed by atoms with Crippen LogP contribution >= 0.6 is 0 Å². The van der Waals surface area contributed by atoms with Crippen LogP contribution in [0, 0.1) is 11.8 Å². The lowest BCUT2D eigenvalue weighted by Gasteiger charge is -2.17. The van der Waals surface area contributed by atoms with Crippen molar-refractivity contribution < 1.29 is 9.53 Å². The summed E-state index contributed by atoms with van der Waals surface area (Å²) in [6.45, 7) is 10.4. The van der Waals surface area contributed by atoms with E-state index in [4.69, 9.17) is 10.5 Å². The second-order valence-corrected chi connectivity index (χ2v) is 5.02. The Morgan fingerprint density at radius 3 is 2.53 bits per heavy atom. The second-order valence-electron chi connectivity index (χ2n) is 5.02. The van der Waals surface area contributed by atoms with E-state index in [9.17, 15) is 4.79 Å². The van der Waals surface area contributed by atoms with Gasteiger partial charge in [-0.3, -0.25) is 4.79 Å². The predicted octanol–water partition coefficient (Wildman–Crippen LogP) is 1.54. The zero-order valence-corrected chi connectivity index (χ0v) is 11.7. The van der Waals surface area contributed by atoms with Crippen molar-refractivity contribution in [3.8, 4) is 0 Å². The summed E-state index contributed by atoms with van der Waals surface area (Å²) in [7, 11) is 0. The number of nitrogens with two attached hydrogens (primary N) is 1. The van der Waals surface area contributed by atoms with Crippen molar-refractivity contribution in [2.24, 2.45) is 17.6 Å². The average Bonchev–Trinajstić information content (AvgIpc) is 2.30. The maximum Gasteiger partial charge on any atom is 0.237 e. The minimum absolute atomic E-state index is 0.0526. The minimum Gasteiger partial charge on any atom is -0.381 e. The van der Waals surface area contributed by atoms with Gasteiger partial charge in [-0.25, -0.2) is 0 Å². The fourth-order valence-corrected chi connectivity index (χ4v) is 1.34. The van der Waals surface area contributed by atoms with Gasteiger partial charge >= 0.3 is 0 Å². The highest BCUT2D eigenvalue weighted by molar-refractivity contribution is 5.81. The van der Waals surface area contributed by atoms with Crippen LogP contribution in [0.15, 0.2) is 0 Å². The molecule has 102 valence electrons. The number of hydrogen-bond acceptors (Lipinski definition) is 3. The molecular formula is C13H28N2O2. The summed E-state index contributed by atoms with van der Waals surface area (Å²) in [6.07, 6.45) is 1.76. The van der Waals surface area contributed by atoms with Gasteiger partial charge in [-0.15, -0.1) is 0 Å². The van der Waals surface area contributed by atoms with Crippen molar-refractivity contribution in [2.45, 2.75) is 46.6 Å². The SMILES string of the molecule is CCC(C)[C@H](N)C(=O)NCCCOCC(C)C. The first-order valence-corrected chi connectivity index (χ1v) is 6.60. The molecule has 0 aliphatic carbocycles. The number of rotatable bonds is 9. The molecule has 3 N–H and O–H groups in total. The van der Waals surface area contributed by atoms with Crippen LogP contribution in [0.2, 0.25) is 0 Å². The molecular weight excluding hydrogens is 216 g/mol. The third-order valence-corrected chi connectivity index (χ3v) is 2.78. The lowest BCUT2D eigenvalue weighted by Crippen LogP contribution is -2.45. The van der Waals surface area contributed by atoms with Gasteiger partial charge in [0.15, 0.2) is 0 Å². The van der Waals surface area contributed by atoms with E-state index in [1.165, 1.54) is 0 Å². The van der Waals surface area contributed by atoms with Crippen LogP contribution < -0.4 is 11.1 Å². The van der Waals surface area contributed by atoms with Crippen molar-refractivity contribution in [3.05, 3.63) is 0 Å². The van der Waals surface area contributed by atoms with Gasteiger partial charge in [0.25, 0.3) is 0 Å². The van der Waals surface area contributed by atoms with Crippen LogP contribution in [0.1, 0.15) is 40.5 Å². The molecule has 0 aliphatic rings. The van der Waals surface area contributed by atoms with Crippen LogP contribution in [0.5, 0.6) is 0 Å². The lowest BCUT2D eigenvalue weighted by molar-refractivity contribution is -0.123. The molecule has 0 spiro atoms. The summed E-state index contributed by atoms with van der Waals surface area (Å²) in [4.78, 5) is 11.6. The zero-order chi connectivity index (χ0) is 13.3. The highest BCUT2D eigenvalue weighted by atomic mass is 16.5. The van der Waals surface area contributed by atoms with E-state index in [0.717, 1.165) is 19.4 Å². The summed E-state index contributed by atoms with van der Waals surface area (Å²) >= 11 is 0. The normalized spacial score (nSPS) is 14.7. The van der Waals surface area contributed by atoms with Crippen molar-refractivity contribution >= 4 is 5.91 Å². The Morgan fingerprint density at radius 2 is 2.00 bits per heavy atom. The van der Waals surface area contributed by atoms with Gasteiger partial charge in [0.05, 0.1) is 6.04 Å². The molecule has 1 unspecified atom stereocenters. The fraction of sp³-hybridized carbons (Fsp3) is 0.923. The Balaban J connectivity index is 3.51. The number of carbonyl (C=O) groups excluding carboxylic acids is 1. The van der Waals surface area contributed by atoms with Gasteiger partial charge < -0.3 is 15.8 Å². The molecule has 0 bridgehead atoms. The first kappa shape index (κ1) is 16.4. The summed E-state index contributed by atoms with van der Waals surface area (Å²) in [5.41, 5.74) is 5.81. The molecule has 4 nitrogen and oxygen atoms in total. The van der Waals surface area contributed by atoms with E-state index in [2.05, 4.69) is 19.2 Å². The van der Waals surface area contributed by atoms with E-state index >= 15 is 0 Å². The highest BCUT2D eigenvalue weighted by Crippen LogP contribution is 2.04. The maximum absolute atomic E-state index is 11.6. The van der Waals surface area contributed by atoms with E-state index in [1.54, 1.807) is 0 Å². The molecule has 0 fully saturated rings. The van der Waals surface area contributed by atoms with E-state index in [0.29, 0.717) is 19.1 Å². The molecule has 0 radical (unpaired) electrons. The summed E-state index contributed by atoms with van der Waals surface area (Å²) in [6, 6.07) is -0.392. The Labute approximate surface area is 105 Å². The smallest absolute Gasteiger partial charge is 0.237 e. The van der Waals surface area contributed by atoms with Gasteiger partial charge in [-0.2, -0.15) is 0 Å². The largest absolute Gasteiger partial charge is 0.381 e. The molecule has 17 heavy (non-hydrogen) atoms. The topological polar surface area (TPSA) is 64.4 Å². The van der Waals surface area contributed by atoms with E-state index < -0.39 is 6.04 Å². The van der Waals surface area contributed by atoms with E-state index in [-0.39, 0.29) is 11.8 Å². The Bertz CT molecular complexity index is 208. The predicted molar refractivity (Wildman–Crippen MR) is 70.7 cm³/mol. The van der Waals surface area contributed by atoms with Crippen molar-refractivity contribution in [3.63, 3.8) is 0 Å².